The summed E-state index contributed by atoms with van der Waals surface area (Å²) in [5.74, 6) is 0. The Morgan fingerprint density at radius 2 is 0.831 bits per heavy atom. The van der Waals surface area contributed by atoms with Crippen LogP contribution in [0.2, 0.25) is 0 Å². The second-order valence-electron chi connectivity index (χ2n) is 24.3. The summed E-state index contributed by atoms with van der Waals surface area (Å²) in [5.41, 5.74) is 26.5. The number of aryl methyl sites for hydroxylation is 4. The van der Waals surface area contributed by atoms with Crippen molar-refractivity contribution in [3.63, 3.8) is 0 Å². The minimum Gasteiger partial charge on any atom is -0.314 e. The lowest BCUT2D eigenvalue weighted by molar-refractivity contribution is 0.588. The molecule has 0 radical (unpaired) electrons. The molecule has 0 saturated heterocycles. The van der Waals surface area contributed by atoms with Gasteiger partial charge < -0.3 is 14.2 Å². The lowest BCUT2D eigenvalue weighted by atomic mass is 9.83. The molecule has 0 unspecified atom stereocenters. The molecule has 71 heavy (non-hydrogen) atoms. The highest BCUT2D eigenvalue weighted by Crippen LogP contribution is 2.62. The lowest BCUT2D eigenvalue weighted by Crippen LogP contribution is -2.23. The van der Waals surface area contributed by atoms with Crippen molar-refractivity contribution >= 4 is 61.2 Å². The van der Waals surface area contributed by atoms with Crippen molar-refractivity contribution in [2.75, 3.05) is 9.80 Å². The molecule has 2 aromatic heterocycles. The number of hydrogen-bond donors (Lipinski definition) is 0. The van der Waals surface area contributed by atoms with E-state index >= 15 is 0 Å². The van der Waals surface area contributed by atoms with E-state index in [1.54, 1.807) is 0 Å². The maximum absolute atomic E-state index is 2.75. The lowest BCUT2D eigenvalue weighted by Gasteiger charge is -2.31. The van der Waals surface area contributed by atoms with Gasteiger partial charge in [-0.1, -0.05) is 142 Å². The van der Waals surface area contributed by atoms with Crippen molar-refractivity contribution in [2.24, 2.45) is 0 Å². The predicted octanol–water partition coefficient (Wildman–Crippen LogP) is 19.1. The van der Waals surface area contributed by atoms with Gasteiger partial charge in [0.05, 0.1) is 5.52 Å². The van der Waals surface area contributed by atoms with Crippen molar-refractivity contribution < 1.29 is 0 Å². The molecule has 0 aliphatic heterocycles. The molecule has 354 valence electrons. The zero-order valence-corrected chi connectivity index (χ0v) is 44.3. The van der Waals surface area contributed by atoms with E-state index in [9.17, 15) is 0 Å². The van der Waals surface area contributed by atoms with Crippen LogP contribution in [0.5, 0.6) is 0 Å². The van der Waals surface area contributed by atoms with E-state index < -0.39 is 0 Å². The molecule has 0 bridgehead atoms. The maximum Gasteiger partial charge on any atom is 0.0621 e. The molecule has 2 heterocycles. The fraction of sp³-hybridized carbons (Fsp3) is 0.265. The normalized spacial score (nSPS) is 14.6. The Labute approximate surface area is 421 Å². The molecule has 0 saturated carbocycles. The molecule has 8 aromatic carbocycles. The Morgan fingerprint density at radius 3 is 1.31 bits per heavy atom. The number of aromatic nitrogens is 1. The van der Waals surface area contributed by atoms with Gasteiger partial charge in [-0.05, 0) is 184 Å². The Kier molecular flexibility index (Phi) is 9.65. The SMILES string of the molecule is Cc1cc(C)cc(N(c2cccc(C(C)(C)C)c2)c2ccc3c(c2)C(C)(C)c2c-3c3cc4ccccc4c4c5c(n2c34)C(C)(C)c2cc(N(c3cc(C)cc(C)c3)c3cccc(C(C)(C)C)c3)ccc2-5)c1. The zero-order chi connectivity index (χ0) is 49.8. The van der Waals surface area contributed by atoms with E-state index in [1.807, 2.05) is 0 Å². The highest BCUT2D eigenvalue weighted by atomic mass is 15.1. The first kappa shape index (κ1) is 45.1. The molecule has 0 spiro atoms. The highest BCUT2D eigenvalue weighted by Gasteiger charge is 2.48. The first-order valence-electron chi connectivity index (χ1n) is 25.8. The average molecular weight is 926 g/mol. The van der Waals surface area contributed by atoms with E-state index in [0.29, 0.717) is 0 Å². The Bertz CT molecular complexity index is 3800. The average Bonchev–Trinajstić information content (AvgIpc) is 3.97. The molecule has 2 aliphatic carbocycles. The topological polar surface area (TPSA) is 10.9 Å². The molecule has 0 amide bonds. The number of rotatable bonds is 6. The smallest absolute Gasteiger partial charge is 0.0621 e. The first-order valence-corrected chi connectivity index (χ1v) is 25.8. The van der Waals surface area contributed by atoms with Crippen LogP contribution < -0.4 is 9.80 Å². The van der Waals surface area contributed by atoms with Gasteiger partial charge in [0.25, 0.3) is 0 Å². The van der Waals surface area contributed by atoms with Crippen LogP contribution in [0.1, 0.15) is 125 Å². The van der Waals surface area contributed by atoms with Crippen molar-refractivity contribution in [1.82, 2.24) is 4.40 Å². The van der Waals surface area contributed by atoms with Crippen LogP contribution in [-0.4, -0.2) is 4.40 Å². The molecule has 10 aromatic rings. The van der Waals surface area contributed by atoms with Gasteiger partial charge in [-0.3, -0.25) is 0 Å². The van der Waals surface area contributed by atoms with Crippen LogP contribution in [0.4, 0.5) is 34.1 Å². The van der Waals surface area contributed by atoms with Crippen molar-refractivity contribution in [3.05, 3.63) is 208 Å². The second-order valence-corrected chi connectivity index (χ2v) is 24.3. The van der Waals surface area contributed by atoms with Gasteiger partial charge in [0.2, 0.25) is 0 Å². The van der Waals surface area contributed by atoms with Crippen LogP contribution in [-0.2, 0) is 21.7 Å². The highest BCUT2D eigenvalue weighted by molar-refractivity contribution is 6.26. The molecule has 2 aliphatic rings. The van der Waals surface area contributed by atoms with Crippen LogP contribution in [0, 0.1) is 27.7 Å². The van der Waals surface area contributed by atoms with Crippen molar-refractivity contribution in [1.29, 1.82) is 0 Å². The number of nitrogens with zero attached hydrogens (tertiary/aromatic N) is 3. The minimum atomic E-state index is -0.324. The van der Waals surface area contributed by atoms with Crippen molar-refractivity contribution in [3.8, 4) is 22.3 Å². The Morgan fingerprint density at radius 1 is 0.394 bits per heavy atom. The fourth-order valence-corrected chi connectivity index (χ4v) is 12.9. The summed E-state index contributed by atoms with van der Waals surface area (Å²) in [6, 6.07) is 58.5. The van der Waals surface area contributed by atoms with Gasteiger partial charge in [-0.25, -0.2) is 0 Å². The molecule has 0 atom stereocenters. The molecular formula is C68H67N3. The fourth-order valence-electron chi connectivity index (χ4n) is 12.9. The van der Waals surface area contributed by atoms with Gasteiger partial charge in [0.15, 0.2) is 0 Å². The largest absolute Gasteiger partial charge is 0.314 e. The maximum atomic E-state index is 2.75. The summed E-state index contributed by atoms with van der Waals surface area (Å²) in [6.45, 7) is 32.6. The van der Waals surface area contributed by atoms with Gasteiger partial charge >= 0.3 is 0 Å². The van der Waals surface area contributed by atoms with E-state index in [-0.39, 0.29) is 21.7 Å². The number of fused-ring (bicyclic) bond motifs is 12. The van der Waals surface area contributed by atoms with Gasteiger partial charge in [-0.15, -0.1) is 0 Å². The Hall–Kier alpha value is -7.10. The molecule has 0 N–H and O–H groups in total. The van der Waals surface area contributed by atoms with Crippen LogP contribution in [0.25, 0.3) is 49.3 Å². The first-order chi connectivity index (χ1) is 33.6. The number of benzene rings is 8. The summed E-state index contributed by atoms with van der Waals surface area (Å²) >= 11 is 0. The molecular weight excluding hydrogens is 859 g/mol. The summed E-state index contributed by atoms with van der Waals surface area (Å²) in [5, 5.41) is 5.33. The summed E-state index contributed by atoms with van der Waals surface area (Å²) in [4.78, 5) is 4.97. The summed E-state index contributed by atoms with van der Waals surface area (Å²) in [7, 11) is 0. The van der Waals surface area contributed by atoms with Gasteiger partial charge in [0.1, 0.15) is 0 Å². The van der Waals surface area contributed by atoms with Gasteiger partial charge in [0, 0.05) is 78.2 Å². The molecule has 0 fully saturated rings. The second kappa shape index (κ2) is 15.2. The monoisotopic (exact) mass is 926 g/mol. The van der Waals surface area contributed by atoms with Crippen LogP contribution in [0.15, 0.2) is 152 Å². The molecule has 3 heteroatoms. The van der Waals surface area contributed by atoms with Crippen LogP contribution >= 0.6 is 0 Å². The van der Waals surface area contributed by atoms with E-state index in [0.717, 1.165) is 0 Å². The zero-order valence-electron chi connectivity index (χ0n) is 44.3. The Balaban J connectivity index is 1.08. The third-order valence-corrected chi connectivity index (χ3v) is 16.1. The van der Waals surface area contributed by atoms with Gasteiger partial charge in [-0.2, -0.15) is 0 Å². The quantitative estimate of drug-likeness (QED) is 0.165. The number of anilines is 6. The third kappa shape index (κ3) is 6.75. The van der Waals surface area contributed by atoms with Crippen LogP contribution in [0.3, 0.4) is 0 Å². The predicted molar refractivity (Wildman–Crippen MR) is 304 cm³/mol. The van der Waals surface area contributed by atoms with E-state index in [2.05, 4.69) is 263 Å². The van der Waals surface area contributed by atoms with Crippen molar-refractivity contribution in [2.45, 2.75) is 119 Å². The van der Waals surface area contributed by atoms with E-state index in [4.69, 9.17) is 0 Å². The van der Waals surface area contributed by atoms with E-state index in [1.165, 1.54) is 139 Å². The summed E-state index contributed by atoms with van der Waals surface area (Å²) in [6.07, 6.45) is 0. The molecule has 12 rings (SSSR count). The molecule has 3 nitrogen and oxygen atoms in total. The number of hydrogen-bond acceptors (Lipinski definition) is 2. The summed E-state index contributed by atoms with van der Waals surface area (Å²) < 4.78 is 2.75. The third-order valence-electron chi connectivity index (χ3n) is 16.1. The minimum absolute atomic E-state index is 0.0138. The standard InChI is InChI=1S/C68H67N3/c1-40-29-41(2)32-51(31-40)69(47-22-17-20-45(36-47)65(5,6)7)49-25-27-54-57(38-49)67(11,12)63-59(54)56-35-44-19-15-16-24-53(44)60-61-55-28-26-50(39-58(55)68(13,14)64(61)71(63)62(56)60)70(52-33-42(3)30-43(4)34-52)48-23-18-21-46(37-48)66(8,9)10/h15-39H,1-14H3.